The molecule has 17 heavy (non-hydrogen) atoms. The van der Waals surface area contributed by atoms with E-state index in [1.54, 1.807) is 0 Å². The number of nitrogens with one attached hydrogen (secondary N) is 1. The molecular formula is C14H27N3. The Balaban J connectivity index is 1.69. The maximum absolute atomic E-state index is 7.22. The molecule has 0 spiro atoms. The number of hydrogen-bond donors (Lipinski definition) is 2. The van der Waals surface area contributed by atoms with Crippen LogP contribution in [-0.2, 0) is 0 Å². The molecule has 98 valence electrons. The van der Waals surface area contributed by atoms with Gasteiger partial charge in [0, 0.05) is 12.5 Å². The van der Waals surface area contributed by atoms with E-state index in [0.29, 0.717) is 5.84 Å². The minimum absolute atomic E-state index is 0.346. The largest absolute Gasteiger partial charge is 0.388 e. The monoisotopic (exact) mass is 237 g/mol. The molecule has 1 aliphatic heterocycles. The first-order chi connectivity index (χ1) is 8.27. The van der Waals surface area contributed by atoms with Crippen LogP contribution in [0.4, 0.5) is 0 Å². The second-order valence-electron chi connectivity index (χ2n) is 5.77. The number of nitrogens with zero attached hydrogens (tertiary/aromatic N) is 1. The van der Waals surface area contributed by atoms with E-state index in [1.165, 1.54) is 58.0 Å². The molecule has 0 radical (unpaired) electrons. The molecule has 2 aliphatic rings. The number of amidine groups is 1. The van der Waals surface area contributed by atoms with Crippen molar-refractivity contribution in [1.82, 2.24) is 4.90 Å². The van der Waals surface area contributed by atoms with Crippen molar-refractivity contribution in [2.75, 3.05) is 13.1 Å². The van der Waals surface area contributed by atoms with E-state index in [9.17, 15) is 0 Å². The predicted octanol–water partition coefficient (Wildman–Crippen LogP) is 2.75. The fraction of sp³-hybridized carbons (Fsp3) is 0.929. The molecule has 1 heterocycles. The minimum Gasteiger partial charge on any atom is -0.388 e. The average Bonchev–Trinajstić information content (AvgIpc) is 2.94. The van der Waals surface area contributed by atoms with E-state index >= 15 is 0 Å². The summed E-state index contributed by atoms with van der Waals surface area (Å²) in [5.74, 6) is 1.34. The molecule has 3 N–H and O–H groups in total. The highest BCUT2D eigenvalue weighted by Gasteiger charge is 2.32. The summed E-state index contributed by atoms with van der Waals surface area (Å²) in [6, 6.07) is 0.884. The van der Waals surface area contributed by atoms with Gasteiger partial charge in [0.05, 0.1) is 5.84 Å². The van der Waals surface area contributed by atoms with Crippen molar-refractivity contribution in [3.8, 4) is 0 Å². The summed E-state index contributed by atoms with van der Waals surface area (Å²) >= 11 is 0. The topological polar surface area (TPSA) is 53.1 Å². The van der Waals surface area contributed by atoms with Gasteiger partial charge in [-0.15, -0.1) is 0 Å². The van der Waals surface area contributed by atoms with E-state index in [-0.39, 0.29) is 0 Å². The number of hydrogen-bond acceptors (Lipinski definition) is 2. The highest BCUT2D eigenvalue weighted by atomic mass is 15.2. The third-order valence-electron chi connectivity index (χ3n) is 4.50. The number of likely N-dealkylation sites (tertiary alicyclic amines) is 1. The molecule has 0 aromatic carbocycles. The standard InChI is InChI=1S/C14H27N3/c15-14(16)9-3-4-10-17-11-5-8-13(17)12-6-1-2-7-12/h12-13H,1-11H2,(H3,15,16). The van der Waals surface area contributed by atoms with Crippen LogP contribution in [0.3, 0.4) is 0 Å². The minimum atomic E-state index is 0.346. The van der Waals surface area contributed by atoms with Crippen molar-refractivity contribution in [2.45, 2.75) is 63.8 Å². The Hall–Kier alpha value is -0.570. The summed E-state index contributed by atoms with van der Waals surface area (Å²) in [6.45, 7) is 2.54. The van der Waals surface area contributed by atoms with Crippen LogP contribution in [0.5, 0.6) is 0 Å². The van der Waals surface area contributed by atoms with Crippen LogP contribution < -0.4 is 5.73 Å². The smallest absolute Gasteiger partial charge is 0.0905 e. The van der Waals surface area contributed by atoms with Crippen LogP contribution in [0.1, 0.15) is 57.8 Å². The molecule has 2 fully saturated rings. The van der Waals surface area contributed by atoms with Gasteiger partial charge in [-0.2, -0.15) is 0 Å². The van der Waals surface area contributed by atoms with Crippen molar-refractivity contribution in [3.63, 3.8) is 0 Å². The second kappa shape index (κ2) is 6.39. The van der Waals surface area contributed by atoms with E-state index < -0.39 is 0 Å². The lowest BCUT2D eigenvalue weighted by Gasteiger charge is -2.29. The zero-order chi connectivity index (χ0) is 12.1. The fourth-order valence-electron chi connectivity index (χ4n) is 3.64. The van der Waals surface area contributed by atoms with E-state index in [4.69, 9.17) is 11.1 Å². The summed E-state index contributed by atoms with van der Waals surface area (Å²) in [5.41, 5.74) is 5.38. The number of nitrogens with two attached hydrogens (primary N) is 1. The van der Waals surface area contributed by atoms with Crippen molar-refractivity contribution in [1.29, 1.82) is 5.41 Å². The lowest BCUT2D eigenvalue weighted by atomic mass is 9.96. The molecule has 1 atom stereocenters. The summed E-state index contributed by atoms with van der Waals surface area (Å²) in [4.78, 5) is 2.72. The Morgan fingerprint density at radius 1 is 1.12 bits per heavy atom. The van der Waals surface area contributed by atoms with Gasteiger partial charge in [-0.25, -0.2) is 0 Å². The first-order valence-electron chi connectivity index (χ1n) is 7.34. The maximum Gasteiger partial charge on any atom is 0.0905 e. The zero-order valence-electron chi connectivity index (χ0n) is 11.0. The first-order valence-corrected chi connectivity index (χ1v) is 7.34. The Labute approximate surface area is 105 Å². The normalized spacial score (nSPS) is 26.7. The van der Waals surface area contributed by atoms with Gasteiger partial charge < -0.3 is 10.6 Å². The molecular weight excluding hydrogens is 210 g/mol. The molecule has 2 rings (SSSR count). The second-order valence-corrected chi connectivity index (χ2v) is 5.77. The van der Waals surface area contributed by atoms with Gasteiger partial charge in [-0.05, 0) is 57.5 Å². The lowest BCUT2D eigenvalue weighted by molar-refractivity contribution is 0.188. The summed E-state index contributed by atoms with van der Waals surface area (Å²) in [7, 11) is 0. The van der Waals surface area contributed by atoms with Crippen molar-refractivity contribution >= 4 is 5.84 Å². The Morgan fingerprint density at radius 3 is 2.59 bits per heavy atom. The van der Waals surface area contributed by atoms with Crippen molar-refractivity contribution < 1.29 is 0 Å². The maximum atomic E-state index is 7.22. The molecule has 3 heteroatoms. The van der Waals surface area contributed by atoms with Crippen molar-refractivity contribution in [3.05, 3.63) is 0 Å². The fourth-order valence-corrected chi connectivity index (χ4v) is 3.64. The third kappa shape index (κ3) is 3.70. The third-order valence-corrected chi connectivity index (χ3v) is 4.50. The highest BCUT2D eigenvalue weighted by molar-refractivity contribution is 5.76. The molecule has 0 amide bonds. The molecule has 1 unspecified atom stereocenters. The highest BCUT2D eigenvalue weighted by Crippen LogP contribution is 2.35. The van der Waals surface area contributed by atoms with Gasteiger partial charge in [0.2, 0.25) is 0 Å². The van der Waals surface area contributed by atoms with Crippen LogP contribution in [0.2, 0.25) is 0 Å². The molecule has 1 aliphatic carbocycles. The Morgan fingerprint density at radius 2 is 1.88 bits per heavy atom. The number of rotatable bonds is 6. The molecule has 0 aromatic heterocycles. The average molecular weight is 237 g/mol. The van der Waals surface area contributed by atoms with E-state index in [1.807, 2.05) is 0 Å². The Kier molecular flexibility index (Phi) is 4.84. The first kappa shape index (κ1) is 12.9. The van der Waals surface area contributed by atoms with Crippen molar-refractivity contribution in [2.24, 2.45) is 11.7 Å². The van der Waals surface area contributed by atoms with Crippen LogP contribution in [0.15, 0.2) is 0 Å². The van der Waals surface area contributed by atoms with E-state index in [0.717, 1.165) is 24.8 Å². The van der Waals surface area contributed by atoms with Gasteiger partial charge >= 0.3 is 0 Å². The van der Waals surface area contributed by atoms with E-state index in [2.05, 4.69) is 4.90 Å². The Bertz CT molecular complexity index is 246. The molecule has 1 saturated carbocycles. The number of unbranched alkanes of at least 4 members (excludes halogenated alkanes) is 1. The summed E-state index contributed by atoms with van der Waals surface area (Å²) in [5, 5.41) is 7.22. The quantitative estimate of drug-likeness (QED) is 0.424. The zero-order valence-corrected chi connectivity index (χ0v) is 11.0. The molecule has 0 aromatic rings. The molecule has 1 saturated heterocycles. The summed E-state index contributed by atoms with van der Waals surface area (Å²) in [6.07, 6.45) is 11.8. The molecule has 3 nitrogen and oxygen atoms in total. The van der Waals surface area contributed by atoms with Crippen LogP contribution in [-0.4, -0.2) is 29.9 Å². The van der Waals surface area contributed by atoms with Crippen LogP contribution in [0, 0.1) is 11.3 Å². The predicted molar refractivity (Wildman–Crippen MR) is 72.3 cm³/mol. The van der Waals surface area contributed by atoms with Gasteiger partial charge in [0.25, 0.3) is 0 Å². The van der Waals surface area contributed by atoms with Gasteiger partial charge in [-0.3, -0.25) is 5.41 Å². The van der Waals surface area contributed by atoms with Crippen LogP contribution >= 0.6 is 0 Å². The lowest BCUT2D eigenvalue weighted by Crippen LogP contribution is -2.35. The van der Waals surface area contributed by atoms with Crippen LogP contribution in [0.25, 0.3) is 0 Å². The van der Waals surface area contributed by atoms with Gasteiger partial charge in [0.15, 0.2) is 0 Å². The van der Waals surface area contributed by atoms with Gasteiger partial charge in [0.1, 0.15) is 0 Å². The SMILES string of the molecule is N=C(N)CCCCN1CCCC1C1CCCC1. The summed E-state index contributed by atoms with van der Waals surface area (Å²) < 4.78 is 0. The molecule has 0 bridgehead atoms. The van der Waals surface area contributed by atoms with Gasteiger partial charge in [-0.1, -0.05) is 12.8 Å².